The standard InChI is InChI=1S/C17H19NO2S2/c19-15(13-4-2-1-3-5-13)11-21-12-17(20)18-8-6-16-14(10-18)7-9-22-16/h1-5,7,9,15,19H,6,8,10-12H2/t15-/m1/s1. The van der Waals surface area contributed by atoms with Crippen molar-refractivity contribution < 1.29 is 9.90 Å². The number of carbonyl (C=O) groups is 1. The summed E-state index contributed by atoms with van der Waals surface area (Å²) in [5.41, 5.74) is 2.20. The van der Waals surface area contributed by atoms with Crippen molar-refractivity contribution >= 4 is 29.0 Å². The molecule has 1 amide bonds. The fourth-order valence-electron chi connectivity index (χ4n) is 2.58. The second-order valence-corrected chi connectivity index (χ2v) is 7.41. The Morgan fingerprint density at radius 2 is 2.14 bits per heavy atom. The smallest absolute Gasteiger partial charge is 0.232 e. The predicted octanol–water partition coefficient (Wildman–Crippen LogP) is 3.10. The number of hydrogen-bond acceptors (Lipinski definition) is 4. The first-order valence-corrected chi connectivity index (χ1v) is 9.41. The average molecular weight is 333 g/mol. The van der Waals surface area contributed by atoms with Gasteiger partial charge in [0.15, 0.2) is 0 Å². The molecule has 0 unspecified atom stereocenters. The second-order valence-electron chi connectivity index (χ2n) is 5.38. The van der Waals surface area contributed by atoms with Crippen LogP contribution in [0.3, 0.4) is 0 Å². The van der Waals surface area contributed by atoms with E-state index >= 15 is 0 Å². The van der Waals surface area contributed by atoms with Gasteiger partial charge in [-0.15, -0.1) is 23.1 Å². The third kappa shape index (κ3) is 3.72. The summed E-state index contributed by atoms with van der Waals surface area (Å²) in [6.07, 6.45) is 0.458. The van der Waals surface area contributed by atoms with Gasteiger partial charge in [-0.25, -0.2) is 0 Å². The molecule has 22 heavy (non-hydrogen) atoms. The van der Waals surface area contributed by atoms with Crippen LogP contribution in [0, 0.1) is 0 Å². The highest BCUT2D eigenvalue weighted by atomic mass is 32.2. The Morgan fingerprint density at radius 3 is 2.95 bits per heavy atom. The molecule has 116 valence electrons. The van der Waals surface area contributed by atoms with Gasteiger partial charge in [0.1, 0.15) is 0 Å². The summed E-state index contributed by atoms with van der Waals surface area (Å²) in [7, 11) is 0. The van der Waals surface area contributed by atoms with E-state index in [0.29, 0.717) is 11.5 Å². The molecule has 0 fully saturated rings. The summed E-state index contributed by atoms with van der Waals surface area (Å²) in [5.74, 6) is 1.15. The lowest BCUT2D eigenvalue weighted by molar-refractivity contribution is -0.129. The number of benzene rings is 1. The number of hydrogen-bond donors (Lipinski definition) is 1. The first kappa shape index (κ1) is 15.6. The molecule has 0 aliphatic carbocycles. The first-order valence-electron chi connectivity index (χ1n) is 7.38. The maximum Gasteiger partial charge on any atom is 0.232 e. The quantitative estimate of drug-likeness (QED) is 0.914. The third-order valence-electron chi connectivity index (χ3n) is 3.85. The normalized spacial score (nSPS) is 15.4. The van der Waals surface area contributed by atoms with Gasteiger partial charge in [-0.05, 0) is 29.0 Å². The van der Waals surface area contributed by atoms with Gasteiger partial charge in [-0.3, -0.25) is 4.79 Å². The van der Waals surface area contributed by atoms with E-state index in [2.05, 4.69) is 11.4 Å². The lowest BCUT2D eigenvalue weighted by Crippen LogP contribution is -2.36. The van der Waals surface area contributed by atoms with E-state index in [1.54, 1.807) is 11.3 Å². The Morgan fingerprint density at radius 1 is 1.32 bits per heavy atom. The van der Waals surface area contributed by atoms with Crippen molar-refractivity contribution in [1.82, 2.24) is 4.90 Å². The number of fused-ring (bicyclic) bond motifs is 1. The zero-order valence-corrected chi connectivity index (χ0v) is 13.9. The minimum Gasteiger partial charge on any atom is -0.388 e. The zero-order valence-electron chi connectivity index (χ0n) is 12.3. The monoisotopic (exact) mass is 333 g/mol. The molecule has 1 aromatic heterocycles. The summed E-state index contributed by atoms with van der Waals surface area (Å²) >= 11 is 3.28. The summed E-state index contributed by atoms with van der Waals surface area (Å²) in [4.78, 5) is 15.6. The van der Waals surface area contributed by atoms with Crippen molar-refractivity contribution in [2.75, 3.05) is 18.1 Å². The van der Waals surface area contributed by atoms with Crippen LogP contribution < -0.4 is 0 Å². The Bertz CT molecular complexity index is 627. The van der Waals surface area contributed by atoms with Crippen molar-refractivity contribution in [1.29, 1.82) is 0 Å². The zero-order chi connectivity index (χ0) is 15.4. The fourth-order valence-corrected chi connectivity index (χ4v) is 4.36. The van der Waals surface area contributed by atoms with Crippen molar-refractivity contribution in [3.63, 3.8) is 0 Å². The molecule has 0 saturated heterocycles. The second kappa shape index (κ2) is 7.31. The van der Waals surface area contributed by atoms with E-state index < -0.39 is 6.10 Å². The number of thiophene rings is 1. The van der Waals surface area contributed by atoms with Crippen LogP contribution in [0.15, 0.2) is 41.8 Å². The average Bonchev–Trinajstić information content (AvgIpc) is 3.03. The van der Waals surface area contributed by atoms with Crippen molar-refractivity contribution in [3.05, 3.63) is 57.8 Å². The molecule has 1 atom stereocenters. The number of nitrogens with zero attached hydrogens (tertiary/aromatic N) is 1. The highest BCUT2D eigenvalue weighted by Gasteiger charge is 2.21. The van der Waals surface area contributed by atoms with Gasteiger partial charge in [-0.2, -0.15) is 0 Å². The molecule has 1 aliphatic heterocycles. The van der Waals surface area contributed by atoms with E-state index in [9.17, 15) is 9.90 Å². The Balaban J connectivity index is 1.45. The highest BCUT2D eigenvalue weighted by molar-refractivity contribution is 7.99. The van der Waals surface area contributed by atoms with Crippen LogP contribution in [0.2, 0.25) is 0 Å². The van der Waals surface area contributed by atoms with Crippen LogP contribution in [-0.2, 0) is 17.8 Å². The van der Waals surface area contributed by atoms with E-state index in [-0.39, 0.29) is 5.91 Å². The number of rotatable bonds is 5. The van der Waals surface area contributed by atoms with Gasteiger partial charge in [-0.1, -0.05) is 30.3 Å². The van der Waals surface area contributed by atoms with Crippen molar-refractivity contribution in [2.24, 2.45) is 0 Å². The molecule has 2 heterocycles. The summed E-state index contributed by atoms with van der Waals surface area (Å²) in [6.45, 7) is 1.55. The van der Waals surface area contributed by atoms with Gasteiger partial charge in [0, 0.05) is 23.7 Å². The fraction of sp³-hybridized carbons (Fsp3) is 0.353. The molecule has 1 aliphatic rings. The van der Waals surface area contributed by atoms with Crippen LogP contribution in [-0.4, -0.2) is 34.0 Å². The van der Waals surface area contributed by atoms with Gasteiger partial charge >= 0.3 is 0 Å². The maximum atomic E-state index is 12.3. The van der Waals surface area contributed by atoms with Gasteiger partial charge < -0.3 is 10.0 Å². The lowest BCUT2D eigenvalue weighted by Gasteiger charge is -2.27. The molecule has 3 rings (SSSR count). The first-order chi connectivity index (χ1) is 10.7. The summed E-state index contributed by atoms with van der Waals surface area (Å²) < 4.78 is 0. The Labute approximate surface area is 139 Å². The van der Waals surface area contributed by atoms with Crippen LogP contribution >= 0.6 is 23.1 Å². The minimum atomic E-state index is -0.510. The number of carbonyl (C=O) groups excluding carboxylic acids is 1. The number of aliphatic hydroxyl groups is 1. The molecule has 0 saturated carbocycles. The van der Waals surface area contributed by atoms with Gasteiger partial charge in [0.2, 0.25) is 5.91 Å². The molecule has 2 aromatic rings. The summed E-state index contributed by atoms with van der Waals surface area (Å²) in [6, 6.07) is 11.7. The molecule has 0 spiro atoms. The van der Waals surface area contributed by atoms with Crippen LogP contribution in [0.1, 0.15) is 22.1 Å². The van der Waals surface area contributed by atoms with Crippen molar-refractivity contribution in [3.8, 4) is 0 Å². The molecule has 5 heteroatoms. The van der Waals surface area contributed by atoms with Crippen molar-refractivity contribution in [2.45, 2.75) is 19.1 Å². The van der Waals surface area contributed by atoms with Gasteiger partial charge in [0.05, 0.1) is 11.9 Å². The number of aliphatic hydroxyl groups excluding tert-OH is 1. The largest absolute Gasteiger partial charge is 0.388 e. The predicted molar refractivity (Wildman–Crippen MR) is 92.2 cm³/mol. The van der Waals surface area contributed by atoms with E-state index in [0.717, 1.165) is 25.1 Å². The Hall–Kier alpha value is -1.30. The lowest BCUT2D eigenvalue weighted by atomic mass is 10.1. The highest BCUT2D eigenvalue weighted by Crippen LogP contribution is 2.25. The molecule has 0 bridgehead atoms. The van der Waals surface area contributed by atoms with Gasteiger partial charge in [0.25, 0.3) is 0 Å². The van der Waals surface area contributed by atoms with E-state index in [1.807, 2.05) is 35.2 Å². The Kier molecular flexibility index (Phi) is 5.18. The molecule has 1 N–H and O–H groups in total. The maximum absolute atomic E-state index is 12.3. The molecular weight excluding hydrogens is 314 g/mol. The SMILES string of the molecule is O=C(CSC[C@@H](O)c1ccccc1)N1CCc2sccc2C1. The number of amides is 1. The van der Waals surface area contributed by atoms with E-state index in [1.165, 1.54) is 22.2 Å². The molecule has 3 nitrogen and oxygen atoms in total. The molecule has 0 radical (unpaired) electrons. The molecule has 1 aromatic carbocycles. The van der Waals surface area contributed by atoms with Crippen LogP contribution in [0.5, 0.6) is 0 Å². The molecular formula is C17H19NO2S2. The third-order valence-corrected chi connectivity index (χ3v) is 5.87. The van der Waals surface area contributed by atoms with Crippen LogP contribution in [0.4, 0.5) is 0 Å². The van der Waals surface area contributed by atoms with E-state index in [4.69, 9.17) is 0 Å². The minimum absolute atomic E-state index is 0.169. The topological polar surface area (TPSA) is 40.5 Å². The van der Waals surface area contributed by atoms with Crippen LogP contribution in [0.25, 0.3) is 0 Å². The summed E-state index contributed by atoms with van der Waals surface area (Å²) in [5, 5.41) is 12.2. The number of thioether (sulfide) groups is 1.